The zero-order valence-corrected chi connectivity index (χ0v) is 18.1. The first kappa shape index (κ1) is 20.3. The number of nitrogens with zero attached hydrogens (tertiary/aromatic N) is 1. The van der Waals surface area contributed by atoms with Gasteiger partial charge in [-0.1, -0.05) is 23.7 Å². The minimum absolute atomic E-state index is 0.196. The standard InChI is InChI=1S/C23H16ClN3O4S/c24-15-5-6-17-18(10-15)26-23(32)27(22(17)29)16-3-1-2-14(9-16)21(28)25-11-13-4-7-19-20(8-13)31-12-30-19/h1-10H,11-12H2,(H,25,28)(H,26,32). The predicted molar refractivity (Wildman–Crippen MR) is 123 cm³/mol. The van der Waals surface area contributed by atoms with E-state index in [-0.39, 0.29) is 23.0 Å². The highest BCUT2D eigenvalue weighted by molar-refractivity contribution is 7.71. The Bertz CT molecular complexity index is 1500. The van der Waals surface area contributed by atoms with Gasteiger partial charge in [-0.25, -0.2) is 0 Å². The molecule has 2 heterocycles. The number of carbonyl (C=O) groups excluding carboxylic acids is 1. The number of fused-ring (bicyclic) bond motifs is 2. The number of carbonyl (C=O) groups is 1. The Morgan fingerprint density at radius 1 is 1.09 bits per heavy atom. The molecule has 0 saturated carbocycles. The number of H-pyrrole nitrogens is 1. The Labute approximate surface area is 192 Å². The predicted octanol–water partition coefficient (Wildman–Crippen LogP) is 4.36. The molecule has 5 rings (SSSR count). The average Bonchev–Trinajstić information content (AvgIpc) is 3.25. The fourth-order valence-corrected chi connectivity index (χ4v) is 4.02. The summed E-state index contributed by atoms with van der Waals surface area (Å²) in [5, 5.41) is 3.83. The molecule has 0 fully saturated rings. The smallest absolute Gasteiger partial charge is 0.266 e. The molecule has 1 aliphatic rings. The van der Waals surface area contributed by atoms with Crippen molar-refractivity contribution in [2.75, 3.05) is 6.79 Å². The minimum atomic E-state index is -0.293. The largest absolute Gasteiger partial charge is 0.454 e. The van der Waals surface area contributed by atoms with Gasteiger partial charge in [0, 0.05) is 17.1 Å². The molecule has 0 bridgehead atoms. The van der Waals surface area contributed by atoms with Gasteiger partial charge in [0.2, 0.25) is 6.79 Å². The van der Waals surface area contributed by atoms with Gasteiger partial charge in [0.15, 0.2) is 16.3 Å². The monoisotopic (exact) mass is 465 g/mol. The summed E-state index contributed by atoms with van der Waals surface area (Å²) < 4.78 is 12.2. The number of aromatic nitrogens is 2. The summed E-state index contributed by atoms with van der Waals surface area (Å²) in [6.07, 6.45) is 0. The van der Waals surface area contributed by atoms with Crippen LogP contribution in [0.25, 0.3) is 16.6 Å². The first-order chi connectivity index (χ1) is 15.5. The van der Waals surface area contributed by atoms with Gasteiger partial charge in [0.05, 0.1) is 16.6 Å². The van der Waals surface area contributed by atoms with E-state index in [1.54, 1.807) is 42.5 Å². The van der Waals surface area contributed by atoms with Crippen LogP contribution in [0, 0.1) is 4.77 Å². The number of ether oxygens (including phenoxy) is 2. The first-order valence-electron chi connectivity index (χ1n) is 9.71. The van der Waals surface area contributed by atoms with E-state index >= 15 is 0 Å². The van der Waals surface area contributed by atoms with Gasteiger partial charge < -0.3 is 19.8 Å². The normalized spacial score (nSPS) is 12.2. The Hall–Kier alpha value is -3.62. The second-order valence-corrected chi connectivity index (χ2v) is 8.00. The van der Waals surface area contributed by atoms with Crippen LogP contribution < -0.4 is 20.3 Å². The highest BCUT2D eigenvalue weighted by Crippen LogP contribution is 2.32. The lowest BCUT2D eigenvalue weighted by molar-refractivity contribution is 0.0950. The molecule has 4 aromatic rings. The van der Waals surface area contributed by atoms with Crippen molar-refractivity contribution in [2.24, 2.45) is 0 Å². The second-order valence-electron chi connectivity index (χ2n) is 7.18. The van der Waals surface area contributed by atoms with Crippen molar-refractivity contribution < 1.29 is 14.3 Å². The molecule has 32 heavy (non-hydrogen) atoms. The summed E-state index contributed by atoms with van der Waals surface area (Å²) in [6.45, 7) is 0.512. The zero-order valence-electron chi connectivity index (χ0n) is 16.6. The van der Waals surface area contributed by atoms with Crippen LogP contribution in [0.3, 0.4) is 0 Å². The van der Waals surface area contributed by atoms with Crippen LogP contribution in [0.5, 0.6) is 11.5 Å². The molecule has 7 nitrogen and oxygen atoms in total. The van der Waals surface area contributed by atoms with Crippen molar-refractivity contribution in [3.63, 3.8) is 0 Å². The van der Waals surface area contributed by atoms with E-state index in [4.69, 9.17) is 33.3 Å². The Balaban J connectivity index is 1.42. The van der Waals surface area contributed by atoms with Crippen LogP contribution in [-0.2, 0) is 6.54 Å². The molecule has 1 amide bonds. The number of aromatic amines is 1. The molecule has 0 aliphatic carbocycles. The molecule has 3 aromatic carbocycles. The summed E-state index contributed by atoms with van der Waals surface area (Å²) in [4.78, 5) is 28.8. The number of hydrogen-bond acceptors (Lipinski definition) is 5. The fraction of sp³-hybridized carbons (Fsp3) is 0.0870. The van der Waals surface area contributed by atoms with E-state index in [2.05, 4.69) is 10.3 Å². The van der Waals surface area contributed by atoms with E-state index in [1.807, 2.05) is 18.2 Å². The maximum atomic E-state index is 13.1. The molecule has 1 aliphatic heterocycles. The van der Waals surface area contributed by atoms with Gasteiger partial charge in [-0.15, -0.1) is 0 Å². The number of halogens is 1. The van der Waals surface area contributed by atoms with Crippen LogP contribution in [-0.4, -0.2) is 22.3 Å². The summed E-state index contributed by atoms with van der Waals surface area (Å²) in [5.41, 5.74) is 2.04. The van der Waals surface area contributed by atoms with Crippen molar-refractivity contribution in [2.45, 2.75) is 6.54 Å². The van der Waals surface area contributed by atoms with Crippen molar-refractivity contribution in [3.05, 3.63) is 91.9 Å². The second kappa shape index (κ2) is 8.14. The van der Waals surface area contributed by atoms with E-state index in [0.717, 1.165) is 5.56 Å². The average molecular weight is 466 g/mol. The van der Waals surface area contributed by atoms with Gasteiger partial charge in [-0.2, -0.15) is 0 Å². The zero-order chi connectivity index (χ0) is 22.2. The van der Waals surface area contributed by atoms with Crippen molar-refractivity contribution >= 4 is 40.6 Å². The molecular formula is C23H16ClN3O4S. The molecule has 2 N–H and O–H groups in total. The summed E-state index contributed by atoms with van der Waals surface area (Å²) in [5.74, 6) is 1.07. The summed E-state index contributed by atoms with van der Waals surface area (Å²) in [7, 11) is 0. The van der Waals surface area contributed by atoms with E-state index < -0.39 is 0 Å². The summed E-state index contributed by atoms with van der Waals surface area (Å²) in [6, 6.07) is 17.2. The SMILES string of the molecule is O=C(NCc1ccc2c(c1)OCO2)c1cccc(-n2c(=S)[nH]c3cc(Cl)ccc3c2=O)c1. The highest BCUT2D eigenvalue weighted by Gasteiger charge is 2.14. The number of hydrogen-bond donors (Lipinski definition) is 2. The number of nitrogens with one attached hydrogen (secondary N) is 2. The quantitative estimate of drug-likeness (QED) is 0.437. The maximum absolute atomic E-state index is 13.1. The molecule has 0 radical (unpaired) electrons. The van der Waals surface area contributed by atoms with E-state index in [9.17, 15) is 9.59 Å². The van der Waals surface area contributed by atoms with Gasteiger partial charge >= 0.3 is 0 Å². The minimum Gasteiger partial charge on any atom is -0.454 e. The molecule has 0 spiro atoms. The molecule has 0 saturated heterocycles. The first-order valence-corrected chi connectivity index (χ1v) is 10.5. The number of rotatable bonds is 4. The lowest BCUT2D eigenvalue weighted by Crippen LogP contribution is -2.24. The van der Waals surface area contributed by atoms with Crippen molar-refractivity contribution in [3.8, 4) is 17.2 Å². The lowest BCUT2D eigenvalue weighted by Gasteiger charge is -2.11. The Morgan fingerprint density at radius 2 is 1.94 bits per heavy atom. The van der Waals surface area contributed by atoms with Gasteiger partial charge in [-0.05, 0) is 66.3 Å². The topological polar surface area (TPSA) is 85.3 Å². The highest BCUT2D eigenvalue weighted by atomic mass is 35.5. The van der Waals surface area contributed by atoms with Crippen LogP contribution >= 0.6 is 23.8 Å². The van der Waals surface area contributed by atoms with Crippen LogP contribution in [0.4, 0.5) is 0 Å². The molecular weight excluding hydrogens is 450 g/mol. The molecule has 0 unspecified atom stereocenters. The Kier molecular flexibility index (Phi) is 5.16. The number of amides is 1. The third-order valence-corrected chi connectivity index (χ3v) is 5.64. The van der Waals surface area contributed by atoms with Crippen molar-refractivity contribution in [1.82, 2.24) is 14.9 Å². The van der Waals surface area contributed by atoms with Crippen LogP contribution in [0.2, 0.25) is 5.02 Å². The lowest BCUT2D eigenvalue weighted by atomic mass is 10.1. The van der Waals surface area contributed by atoms with Gasteiger partial charge in [0.25, 0.3) is 11.5 Å². The molecule has 160 valence electrons. The van der Waals surface area contributed by atoms with Crippen LogP contribution in [0.15, 0.2) is 65.5 Å². The third-order valence-electron chi connectivity index (χ3n) is 5.12. The van der Waals surface area contributed by atoms with Gasteiger partial charge in [0.1, 0.15) is 0 Å². The fourth-order valence-electron chi connectivity index (χ4n) is 3.55. The van der Waals surface area contributed by atoms with E-state index in [0.29, 0.717) is 45.2 Å². The third kappa shape index (κ3) is 3.74. The van der Waals surface area contributed by atoms with Crippen molar-refractivity contribution in [1.29, 1.82) is 0 Å². The maximum Gasteiger partial charge on any atom is 0.266 e. The van der Waals surface area contributed by atoms with Crippen LogP contribution in [0.1, 0.15) is 15.9 Å². The van der Waals surface area contributed by atoms with E-state index in [1.165, 1.54) is 4.57 Å². The summed E-state index contributed by atoms with van der Waals surface area (Å²) >= 11 is 11.4. The molecule has 1 aromatic heterocycles. The van der Waals surface area contributed by atoms with Gasteiger partial charge in [-0.3, -0.25) is 14.2 Å². The molecule has 0 atom stereocenters. The number of benzene rings is 3. The molecule has 9 heteroatoms. The Morgan fingerprint density at radius 3 is 2.81 bits per heavy atom.